The van der Waals surface area contributed by atoms with Crippen LogP contribution in [0, 0.1) is 0 Å². The molecule has 2 fully saturated rings. The molecule has 9 heteroatoms. The van der Waals surface area contributed by atoms with E-state index in [-0.39, 0.29) is 36.3 Å². The predicted octanol–water partition coefficient (Wildman–Crippen LogP) is 4.94. The zero-order valence-electron chi connectivity index (χ0n) is 26.9. The Morgan fingerprint density at radius 2 is 0.867 bits per heavy atom. The standard InChI is InChI=1S/C36H46O9/c1-37-29-27(19-23-17-15-21-11-7-9-13-25(21)23)43-35(33(41-5)31(29)39-3)45-36-34(42-6)32(40-4)30(38-2)28(44-36)20-24-18-16-22-12-8-10-14-26(22)24/h7-18,23-24,27-36H,19-20H2,1-6H3/t23?,24?,27-,28-,29-,30-,31+,32+,33-,34-,35-,36-/m1/s1. The fourth-order valence-electron chi connectivity index (χ4n) is 7.65. The molecule has 2 unspecified atom stereocenters. The first-order chi connectivity index (χ1) is 22.0. The Hall–Kier alpha value is -2.44. The van der Waals surface area contributed by atoms with Gasteiger partial charge >= 0.3 is 0 Å². The second-order valence-electron chi connectivity index (χ2n) is 12.1. The molecule has 0 radical (unpaired) electrons. The maximum absolute atomic E-state index is 6.73. The van der Waals surface area contributed by atoms with Crippen LogP contribution >= 0.6 is 0 Å². The Balaban J connectivity index is 1.25. The minimum absolute atomic E-state index is 0.172. The molecule has 2 aromatic rings. The van der Waals surface area contributed by atoms with E-state index in [9.17, 15) is 0 Å². The summed E-state index contributed by atoms with van der Waals surface area (Å²) in [6, 6.07) is 16.8. The van der Waals surface area contributed by atoms with Gasteiger partial charge in [-0.3, -0.25) is 0 Å². The molecule has 0 spiro atoms. The largest absolute Gasteiger partial charge is 0.376 e. The van der Waals surface area contributed by atoms with Crippen LogP contribution in [0.2, 0.25) is 0 Å². The maximum atomic E-state index is 6.73. The number of hydrogen-bond donors (Lipinski definition) is 0. The Morgan fingerprint density at radius 1 is 0.489 bits per heavy atom. The lowest BCUT2D eigenvalue weighted by molar-refractivity contribution is -0.382. The first kappa shape index (κ1) is 32.5. The van der Waals surface area contributed by atoms with Gasteiger partial charge in [-0.05, 0) is 35.1 Å². The van der Waals surface area contributed by atoms with Crippen LogP contribution in [-0.4, -0.2) is 104 Å². The summed E-state index contributed by atoms with van der Waals surface area (Å²) in [5.74, 6) is 0.344. The molecule has 0 amide bonds. The zero-order chi connectivity index (χ0) is 31.5. The van der Waals surface area contributed by atoms with Crippen LogP contribution in [0.3, 0.4) is 0 Å². The molecule has 2 aliphatic heterocycles. The number of fused-ring (bicyclic) bond motifs is 2. The van der Waals surface area contributed by atoms with Crippen LogP contribution in [0.4, 0.5) is 0 Å². The average Bonchev–Trinajstić information content (AvgIpc) is 3.68. The van der Waals surface area contributed by atoms with Crippen molar-refractivity contribution in [2.24, 2.45) is 0 Å². The van der Waals surface area contributed by atoms with Gasteiger partial charge in [0.05, 0.1) is 12.2 Å². The molecule has 0 N–H and O–H groups in total. The lowest BCUT2D eigenvalue weighted by Crippen LogP contribution is -2.64. The van der Waals surface area contributed by atoms with E-state index in [1.165, 1.54) is 22.3 Å². The molecule has 9 nitrogen and oxygen atoms in total. The number of ether oxygens (including phenoxy) is 9. The summed E-state index contributed by atoms with van der Waals surface area (Å²) >= 11 is 0. The zero-order valence-corrected chi connectivity index (χ0v) is 26.9. The minimum atomic E-state index is -0.830. The van der Waals surface area contributed by atoms with Crippen molar-refractivity contribution in [2.75, 3.05) is 42.7 Å². The van der Waals surface area contributed by atoms with Crippen LogP contribution in [0.1, 0.15) is 46.9 Å². The third-order valence-electron chi connectivity index (χ3n) is 9.86. The average molecular weight is 623 g/mol. The molecule has 2 saturated heterocycles. The second kappa shape index (κ2) is 14.5. The lowest BCUT2D eigenvalue weighted by atomic mass is 9.88. The van der Waals surface area contributed by atoms with Crippen molar-refractivity contribution in [3.63, 3.8) is 0 Å². The van der Waals surface area contributed by atoms with Crippen molar-refractivity contribution in [3.8, 4) is 0 Å². The van der Waals surface area contributed by atoms with Gasteiger partial charge in [-0.15, -0.1) is 0 Å². The van der Waals surface area contributed by atoms with Gasteiger partial charge < -0.3 is 42.6 Å². The Kier molecular flexibility index (Phi) is 10.5. The highest BCUT2D eigenvalue weighted by Gasteiger charge is 2.53. The molecule has 45 heavy (non-hydrogen) atoms. The molecular weight excluding hydrogens is 576 g/mol. The summed E-state index contributed by atoms with van der Waals surface area (Å²) in [6.45, 7) is 0. The van der Waals surface area contributed by atoms with Gasteiger partial charge in [-0.25, -0.2) is 0 Å². The van der Waals surface area contributed by atoms with Crippen LogP contribution < -0.4 is 0 Å². The summed E-state index contributed by atoms with van der Waals surface area (Å²) in [7, 11) is 9.93. The summed E-state index contributed by atoms with van der Waals surface area (Å²) < 4.78 is 56.1. The lowest BCUT2D eigenvalue weighted by Gasteiger charge is -2.49. The molecule has 0 bridgehead atoms. The quantitative estimate of drug-likeness (QED) is 0.327. The van der Waals surface area contributed by atoms with Crippen molar-refractivity contribution in [1.82, 2.24) is 0 Å². The van der Waals surface area contributed by atoms with E-state index in [2.05, 4.69) is 72.8 Å². The Bertz CT molecular complexity index is 1230. The fraction of sp³-hybridized carbons (Fsp3) is 0.556. The van der Waals surface area contributed by atoms with Crippen molar-refractivity contribution in [3.05, 3.63) is 82.9 Å². The monoisotopic (exact) mass is 622 g/mol. The number of benzene rings is 2. The number of allylic oxidation sites excluding steroid dienone is 2. The second-order valence-corrected chi connectivity index (χ2v) is 12.1. The third-order valence-corrected chi connectivity index (χ3v) is 9.86. The molecule has 2 aliphatic carbocycles. The molecule has 2 aromatic carbocycles. The number of rotatable bonds is 12. The van der Waals surface area contributed by atoms with Crippen molar-refractivity contribution < 1.29 is 42.6 Å². The van der Waals surface area contributed by atoms with Gasteiger partial charge in [-0.1, -0.05) is 72.8 Å². The number of hydrogen-bond acceptors (Lipinski definition) is 9. The van der Waals surface area contributed by atoms with Gasteiger partial charge in [-0.2, -0.15) is 0 Å². The normalized spacial score (nSPS) is 37.1. The van der Waals surface area contributed by atoms with Gasteiger partial charge in [0, 0.05) is 54.5 Å². The first-order valence-corrected chi connectivity index (χ1v) is 15.7. The molecule has 6 rings (SSSR count). The molecule has 2 heterocycles. The summed E-state index contributed by atoms with van der Waals surface area (Å²) in [4.78, 5) is 0. The highest BCUT2D eigenvalue weighted by atomic mass is 16.8. The van der Waals surface area contributed by atoms with Gasteiger partial charge in [0.2, 0.25) is 0 Å². The molecule has 4 aliphatic rings. The number of methoxy groups -OCH3 is 6. The molecular formula is C36H46O9. The summed E-state index contributed by atoms with van der Waals surface area (Å²) in [5, 5.41) is 0. The van der Waals surface area contributed by atoms with Crippen LogP contribution in [0.15, 0.2) is 60.7 Å². The van der Waals surface area contributed by atoms with Gasteiger partial charge in [0.15, 0.2) is 12.6 Å². The van der Waals surface area contributed by atoms with Crippen molar-refractivity contribution in [1.29, 1.82) is 0 Å². The van der Waals surface area contributed by atoms with Gasteiger partial charge in [0.25, 0.3) is 0 Å². The van der Waals surface area contributed by atoms with Gasteiger partial charge in [0.1, 0.15) is 36.6 Å². The fourth-order valence-corrected chi connectivity index (χ4v) is 7.65. The highest BCUT2D eigenvalue weighted by molar-refractivity contribution is 5.63. The molecule has 0 aromatic heterocycles. The van der Waals surface area contributed by atoms with Crippen LogP contribution in [0.5, 0.6) is 0 Å². The van der Waals surface area contributed by atoms with E-state index < -0.39 is 37.0 Å². The molecule has 12 atom stereocenters. The van der Waals surface area contributed by atoms with E-state index in [1.54, 1.807) is 42.7 Å². The summed E-state index contributed by atoms with van der Waals surface area (Å²) in [5.41, 5.74) is 4.98. The van der Waals surface area contributed by atoms with E-state index >= 15 is 0 Å². The van der Waals surface area contributed by atoms with Crippen LogP contribution in [-0.2, 0) is 42.6 Å². The van der Waals surface area contributed by atoms with E-state index in [0.29, 0.717) is 12.8 Å². The van der Waals surface area contributed by atoms with Crippen LogP contribution in [0.25, 0.3) is 12.2 Å². The minimum Gasteiger partial charge on any atom is -0.376 e. The predicted molar refractivity (Wildman–Crippen MR) is 169 cm³/mol. The van der Waals surface area contributed by atoms with E-state index in [0.717, 1.165) is 0 Å². The Labute approximate surface area is 266 Å². The smallest absolute Gasteiger partial charge is 0.189 e. The topological polar surface area (TPSA) is 83.1 Å². The SMILES string of the molecule is CO[C@@H]1[C@@H](OC)[C@@H](O[C@H]2O[C@H](CC3C=Cc4ccccc43)[C@@H](OC)[C@H](OC)[C@H]2OC)O[C@H](CC2C=Cc3ccccc32)[C@H]1OC. The summed E-state index contributed by atoms with van der Waals surface area (Å²) in [6.07, 6.45) is 4.96. The maximum Gasteiger partial charge on any atom is 0.189 e. The van der Waals surface area contributed by atoms with Crippen molar-refractivity contribution in [2.45, 2.75) is 86.1 Å². The highest BCUT2D eigenvalue weighted by Crippen LogP contribution is 2.41. The molecule has 0 saturated carbocycles. The Morgan fingerprint density at radius 3 is 1.24 bits per heavy atom. The molecule has 244 valence electrons. The first-order valence-electron chi connectivity index (χ1n) is 15.7. The van der Waals surface area contributed by atoms with Crippen molar-refractivity contribution >= 4 is 12.2 Å². The van der Waals surface area contributed by atoms with E-state index in [4.69, 9.17) is 42.6 Å². The third kappa shape index (κ3) is 6.31. The van der Waals surface area contributed by atoms with E-state index in [1.807, 2.05) is 0 Å².